The number of carbonyl (C=O) groups excluding carboxylic acids is 1. The first-order valence-electron chi connectivity index (χ1n) is 8.86. The van der Waals surface area contributed by atoms with Crippen LogP contribution in [-0.4, -0.2) is 25.9 Å². The van der Waals surface area contributed by atoms with Crippen LogP contribution < -0.4 is 5.32 Å². The number of aromatic nitrogens is 1. The Hall–Kier alpha value is -2.21. The average molecular weight is 375 g/mol. The van der Waals surface area contributed by atoms with Crippen molar-refractivity contribution >= 4 is 15.7 Å². The van der Waals surface area contributed by atoms with Gasteiger partial charge in [0.2, 0.25) is 5.91 Å². The van der Waals surface area contributed by atoms with Crippen LogP contribution in [0.5, 0.6) is 0 Å². The summed E-state index contributed by atoms with van der Waals surface area (Å²) in [6.45, 7) is 6.06. The number of benzene rings is 1. The van der Waals surface area contributed by atoms with Crippen molar-refractivity contribution in [3.05, 3.63) is 59.9 Å². The third kappa shape index (κ3) is 4.91. The molecule has 2 rings (SSSR count). The lowest BCUT2D eigenvalue weighted by Crippen LogP contribution is -2.31. The van der Waals surface area contributed by atoms with Gasteiger partial charge in [-0.25, -0.2) is 8.42 Å². The summed E-state index contributed by atoms with van der Waals surface area (Å²) in [7, 11) is -3.66. The molecule has 140 valence electrons. The summed E-state index contributed by atoms with van der Waals surface area (Å²) in [4.78, 5) is 16.1. The quantitative estimate of drug-likeness (QED) is 0.765. The maximum atomic E-state index is 13.2. The van der Waals surface area contributed by atoms with E-state index < -0.39 is 15.1 Å². The molecule has 0 saturated carbocycles. The van der Waals surface area contributed by atoms with Gasteiger partial charge in [0.25, 0.3) is 0 Å². The largest absolute Gasteiger partial charge is 0.354 e. The minimum atomic E-state index is -3.66. The Morgan fingerprint density at radius 3 is 2.35 bits per heavy atom. The highest BCUT2D eigenvalue weighted by Gasteiger charge is 2.29. The molecule has 0 bridgehead atoms. The molecule has 0 spiro atoms. The van der Waals surface area contributed by atoms with Crippen LogP contribution in [0, 0.1) is 0 Å². The molecule has 1 N–H and O–H groups in total. The summed E-state index contributed by atoms with van der Waals surface area (Å²) in [5.41, 5.74) is 1.65. The maximum absolute atomic E-state index is 13.2. The zero-order valence-corrected chi connectivity index (χ0v) is 16.3. The van der Waals surface area contributed by atoms with Crippen LogP contribution in [0.25, 0.3) is 0 Å². The molecule has 26 heavy (non-hydrogen) atoms. The topological polar surface area (TPSA) is 76.1 Å². The van der Waals surface area contributed by atoms with E-state index in [0.717, 1.165) is 5.56 Å². The van der Waals surface area contributed by atoms with E-state index in [0.29, 0.717) is 24.3 Å². The SMILES string of the molecule is CCCC(=O)NC[C@H](c1cccnc1)S(=O)(=O)c1ccc(C(C)C)cc1. The van der Waals surface area contributed by atoms with E-state index in [1.54, 1.807) is 30.5 Å². The lowest BCUT2D eigenvalue weighted by Gasteiger charge is -2.19. The molecule has 6 heteroatoms. The van der Waals surface area contributed by atoms with Crippen molar-refractivity contribution in [2.75, 3.05) is 6.54 Å². The fourth-order valence-electron chi connectivity index (χ4n) is 2.70. The van der Waals surface area contributed by atoms with Crippen molar-refractivity contribution < 1.29 is 13.2 Å². The molecular weight excluding hydrogens is 348 g/mol. The van der Waals surface area contributed by atoms with Gasteiger partial charge in [-0.1, -0.05) is 39.0 Å². The second kappa shape index (κ2) is 8.94. The van der Waals surface area contributed by atoms with Crippen molar-refractivity contribution in [2.24, 2.45) is 0 Å². The predicted molar refractivity (Wildman–Crippen MR) is 103 cm³/mol. The van der Waals surface area contributed by atoms with E-state index >= 15 is 0 Å². The number of nitrogens with one attached hydrogen (secondary N) is 1. The Morgan fingerprint density at radius 2 is 1.81 bits per heavy atom. The molecule has 0 aliphatic carbocycles. The first kappa shape index (κ1) is 20.1. The fraction of sp³-hybridized carbons (Fsp3) is 0.400. The van der Waals surface area contributed by atoms with Crippen molar-refractivity contribution in [2.45, 2.75) is 49.7 Å². The number of nitrogens with zero attached hydrogens (tertiary/aromatic N) is 1. The van der Waals surface area contributed by atoms with Gasteiger partial charge in [0.15, 0.2) is 9.84 Å². The first-order chi connectivity index (χ1) is 12.4. The molecule has 5 nitrogen and oxygen atoms in total. The van der Waals surface area contributed by atoms with Crippen molar-refractivity contribution in [3.8, 4) is 0 Å². The second-order valence-electron chi connectivity index (χ2n) is 6.60. The van der Waals surface area contributed by atoms with E-state index in [4.69, 9.17) is 0 Å². The zero-order chi connectivity index (χ0) is 19.2. The number of carbonyl (C=O) groups is 1. The Bertz CT molecular complexity index is 816. The van der Waals surface area contributed by atoms with Gasteiger partial charge >= 0.3 is 0 Å². The Morgan fingerprint density at radius 1 is 1.12 bits per heavy atom. The zero-order valence-electron chi connectivity index (χ0n) is 15.5. The third-order valence-electron chi connectivity index (χ3n) is 4.27. The average Bonchev–Trinajstić information content (AvgIpc) is 2.63. The van der Waals surface area contributed by atoms with Gasteiger partial charge in [-0.3, -0.25) is 9.78 Å². The molecule has 0 aliphatic rings. The Labute approximate surface area is 155 Å². The number of sulfone groups is 1. The molecule has 1 amide bonds. The summed E-state index contributed by atoms with van der Waals surface area (Å²) in [6.07, 6.45) is 4.23. The molecule has 0 saturated heterocycles. The van der Waals surface area contributed by atoms with E-state index in [1.807, 2.05) is 19.1 Å². The number of hydrogen-bond donors (Lipinski definition) is 1. The second-order valence-corrected chi connectivity index (χ2v) is 8.73. The van der Waals surface area contributed by atoms with Crippen molar-refractivity contribution in [1.82, 2.24) is 10.3 Å². The van der Waals surface area contributed by atoms with Crippen LogP contribution in [0.15, 0.2) is 53.7 Å². The predicted octanol–water partition coefficient (Wildman–Crippen LogP) is 3.64. The minimum Gasteiger partial charge on any atom is -0.354 e. The molecule has 1 aromatic carbocycles. The first-order valence-corrected chi connectivity index (χ1v) is 10.4. The van der Waals surface area contributed by atoms with Gasteiger partial charge < -0.3 is 5.32 Å². The Balaban J connectivity index is 2.34. The number of hydrogen-bond acceptors (Lipinski definition) is 4. The lowest BCUT2D eigenvalue weighted by atomic mass is 10.0. The molecule has 1 heterocycles. The number of rotatable bonds is 8. The van der Waals surface area contributed by atoms with E-state index in [9.17, 15) is 13.2 Å². The molecule has 2 aromatic rings. The van der Waals surface area contributed by atoms with Crippen LogP contribution in [0.1, 0.15) is 55.9 Å². The summed E-state index contributed by atoms with van der Waals surface area (Å²) < 4.78 is 26.4. The molecule has 0 aliphatic heterocycles. The van der Waals surface area contributed by atoms with E-state index in [2.05, 4.69) is 24.1 Å². The third-order valence-corrected chi connectivity index (χ3v) is 6.38. The highest BCUT2D eigenvalue weighted by atomic mass is 32.2. The van der Waals surface area contributed by atoms with Gasteiger partial charge in [-0.05, 0) is 41.7 Å². The van der Waals surface area contributed by atoms with Gasteiger partial charge in [0.05, 0.1) is 4.90 Å². The summed E-state index contributed by atoms with van der Waals surface area (Å²) in [5, 5.41) is 1.87. The van der Waals surface area contributed by atoms with E-state index in [-0.39, 0.29) is 17.3 Å². The van der Waals surface area contributed by atoms with Gasteiger partial charge in [0, 0.05) is 25.4 Å². The van der Waals surface area contributed by atoms with Gasteiger partial charge in [-0.2, -0.15) is 0 Å². The van der Waals surface area contributed by atoms with Crippen LogP contribution in [0.4, 0.5) is 0 Å². The monoisotopic (exact) mass is 374 g/mol. The highest BCUT2D eigenvalue weighted by molar-refractivity contribution is 7.91. The number of amides is 1. The van der Waals surface area contributed by atoms with Crippen molar-refractivity contribution in [3.63, 3.8) is 0 Å². The minimum absolute atomic E-state index is 0.0266. The maximum Gasteiger partial charge on any atom is 0.220 e. The molecule has 0 fully saturated rings. The van der Waals surface area contributed by atoms with Gasteiger partial charge in [0.1, 0.15) is 5.25 Å². The fourth-order valence-corrected chi connectivity index (χ4v) is 4.35. The van der Waals surface area contributed by atoms with Gasteiger partial charge in [-0.15, -0.1) is 0 Å². The molecule has 0 unspecified atom stereocenters. The molecule has 1 atom stereocenters. The lowest BCUT2D eigenvalue weighted by molar-refractivity contribution is -0.121. The summed E-state index contributed by atoms with van der Waals surface area (Å²) >= 11 is 0. The van der Waals surface area contributed by atoms with Crippen LogP contribution in [0.3, 0.4) is 0 Å². The smallest absolute Gasteiger partial charge is 0.220 e. The molecule has 0 radical (unpaired) electrons. The van der Waals surface area contributed by atoms with Crippen LogP contribution in [0.2, 0.25) is 0 Å². The highest BCUT2D eigenvalue weighted by Crippen LogP contribution is 2.29. The van der Waals surface area contributed by atoms with Crippen LogP contribution >= 0.6 is 0 Å². The van der Waals surface area contributed by atoms with Crippen molar-refractivity contribution in [1.29, 1.82) is 0 Å². The summed E-state index contributed by atoms with van der Waals surface area (Å²) in [5.74, 6) is 0.181. The summed E-state index contributed by atoms with van der Waals surface area (Å²) in [6, 6.07) is 10.4. The van der Waals surface area contributed by atoms with E-state index in [1.165, 1.54) is 6.20 Å². The molecular formula is C20H26N2O3S. The Kier molecular flexibility index (Phi) is 6.91. The molecule has 1 aromatic heterocycles. The number of pyridine rings is 1. The standard InChI is InChI=1S/C20H26N2O3S/c1-4-6-20(23)22-14-19(17-7-5-12-21-13-17)26(24,25)18-10-8-16(9-11-18)15(2)3/h5,7-13,15,19H,4,6,14H2,1-3H3,(H,22,23)/t19-/m1/s1. The van der Waals surface area contributed by atoms with Crippen LogP contribution in [-0.2, 0) is 14.6 Å². The normalized spacial score (nSPS) is 12.8.